The van der Waals surface area contributed by atoms with Crippen molar-refractivity contribution in [2.45, 2.75) is 46.8 Å². The number of anilines is 2. The molecule has 2 rings (SSSR count). The molecule has 2 amide bonds. The largest absolute Gasteiger partial charge is 0.459 e. The fraction of sp³-hybridized carbons (Fsp3) is 0.350. The van der Waals surface area contributed by atoms with E-state index in [1.54, 1.807) is 58.9 Å². The summed E-state index contributed by atoms with van der Waals surface area (Å²) < 4.78 is 10.5. The molecule has 0 aliphatic heterocycles. The third-order valence-corrected chi connectivity index (χ3v) is 4.95. The highest BCUT2D eigenvalue weighted by Crippen LogP contribution is 2.35. The van der Waals surface area contributed by atoms with Gasteiger partial charge in [0.2, 0.25) is 0 Å². The van der Waals surface area contributed by atoms with Gasteiger partial charge in [-0.05, 0) is 58.4 Å². The first-order valence-corrected chi connectivity index (χ1v) is 10.2. The molecule has 0 saturated carbocycles. The Morgan fingerprint density at radius 2 is 1.62 bits per heavy atom. The Hall–Kier alpha value is -2.58. The Labute approximate surface area is 178 Å². The molecule has 0 radical (unpaired) electrons. The number of nitrogens with one attached hydrogen (secondary N) is 2. The van der Waals surface area contributed by atoms with Gasteiger partial charge in [-0.25, -0.2) is 14.4 Å². The van der Waals surface area contributed by atoms with Crippen molar-refractivity contribution in [1.29, 1.82) is 0 Å². The number of halogens is 1. The maximum absolute atomic E-state index is 12.6. The molecule has 1 heterocycles. The van der Waals surface area contributed by atoms with Crippen molar-refractivity contribution < 1.29 is 23.9 Å². The zero-order chi connectivity index (χ0) is 21.7. The van der Waals surface area contributed by atoms with Crippen LogP contribution in [0.4, 0.5) is 15.5 Å². The number of rotatable bonds is 6. The molecule has 156 valence electrons. The highest BCUT2D eigenvalue weighted by atomic mass is 35.5. The third-order valence-electron chi connectivity index (χ3n) is 3.53. The van der Waals surface area contributed by atoms with Gasteiger partial charge >= 0.3 is 18.0 Å². The zero-order valence-electron chi connectivity index (χ0n) is 16.8. The van der Waals surface area contributed by atoms with Crippen LogP contribution in [0.25, 0.3) is 0 Å². The maximum atomic E-state index is 12.6. The summed E-state index contributed by atoms with van der Waals surface area (Å²) in [6, 6.07) is 6.04. The predicted octanol–water partition coefficient (Wildman–Crippen LogP) is 5.48. The topological polar surface area (TPSA) is 93.7 Å². The quantitative estimate of drug-likeness (QED) is 0.582. The first-order valence-electron chi connectivity index (χ1n) is 8.97. The van der Waals surface area contributed by atoms with E-state index in [4.69, 9.17) is 21.1 Å². The molecule has 0 aliphatic rings. The normalized spacial score (nSPS) is 10.8. The van der Waals surface area contributed by atoms with E-state index in [1.165, 1.54) is 0 Å². The van der Waals surface area contributed by atoms with Gasteiger partial charge in [-0.2, -0.15) is 0 Å². The van der Waals surface area contributed by atoms with E-state index in [9.17, 15) is 14.4 Å². The number of esters is 2. The van der Waals surface area contributed by atoms with E-state index in [-0.39, 0.29) is 27.6 Å². The Morgan fingerprint density at radius 1 is 1.00 bits per heavy atom. The number of urea groups is 1. The van der Waals surface area contributed by atoms with E-state index in [1.807, 2.05) is 0 Å². The molecule has 0 atom stereocenters. The second-order valence-electron chi connectivity index (χ2n) is 6.76. The number of benzene rings is 1. The monoisotopic (exact) mass is 438 g/mol. The van der Waals surface area contributed by atoms with Crippen molar-refractivity contribution >= 4 is 51.6 Å². The molecular weight excluding hydrogens is 416 g/mol. The van der Waals surface area contributed by atoms with Gasteiger partial charge < -0.3 is 14.8 Å². The van der Waals surface area contributed by atoms with Crippen LogP contribution < -0.4 is 10.6 Å². The standard InChI is InChI=1S/C20H23ClN2O5S/c1-10(2)27-18(24)15-12(5)16(19(25)28-11(3)4)29-17(15)23-20(26)22-14-8-6-7-13(21)9-14/h6-11H,1-5H3,(H2,22,23,26). The second-order valence-corrected chi connectivity index (χ2v) is 8.21. The van der Waals surface area contributed by atoms with Crippen molar-refractivity contribution in [3.8, 4) is 0 Å². The molecule has 0 bridgehead atoms. The molecule has 2 aromatic rings. The molecule has 29 heavy (non-hydrogen) atoms. The fourth-order valence-corrected chi connectivity index (χ4v) is 3.68. The van der Waals surface area contributed by atoms with Gasteiger partial charge in [0.25, 0.3) is 0 Å². The van der Waals surface area contributed by atoms with Crippen LogP contribution in [0.2, 0.25) is 5.02 Å². The van der Waals surface area contributed by atoms with E-state index in [2.05, 4.69) is 10.6 Å². The second kappa shape index (κ2) is 9.76. The number of hydrogen-bond acceptors (Lipinski definition) is 6. The summed E-state index contributed by atoms with van der Waals surface area (Å²) >= 11 is 6.88. The summed E-state index contributed by atoms with van der Waals surface area (Å²) in [4.78, 5) is 37.6. The average molecular weight is 439 g/mol. The summed E-state index contributed by atoms with van der Waals surface area (Å²) in [6.07, 6.45) is -0.682. The molecule has 0 spiro atoms. The van der Waals surface area contributed by atoms with Crippen LogP contribution in [0.3, 0.4) is 0 Å². The summed E-state index contributed by atoms with van der Waals surface area (Å²) in [6.45, 7) is 8.50. The van der Waals surface area contributed by atoms with E-state index < -0.39 is 18.0 Å². The van der Waals surface area contributed by atoms with Gasteiger partial charge in [-0.3, -0.25) is 5.32 Å². The molecule has 1 aromatic heterocycles. The van der Waals surface area contributed by atoms with E-state index in [0.29, 0.717) is 16.3 Å². The van der Waals surface area contributed by atoms with Crippen molar-refractivity contribution in [3.05, 3.63) is 45.3 Å². The number of carbonyl (C=O) groups is 3. The van der Waals surface area contributed by atoms with Crippen LogP contribution in [0.1, 0.15) is 53.3 Å². The van der Waals surface area contributed by atoms with Gasteiger partial charge in [0.15, 0.2) is 0 Å². The Kier molecular flexibility index (Phi) is 7.64. The molecular formula is C20H23ClN2O5S. The van der Waals surface area contributed by atoms with Crippen molar-refractivity contribution in [2.24, 2.45) is 0 Å². The zero-order valence-corrected chi connectivity index (χ0v) is 18.4. The molecule has 1 aromatic carbocycles. The molecule has 0 unspecified atom stereocenters. The summed E-state index contributed by atoms with van der Waals surface area (Å²) in [5, 5.41) is 5.92. The molecule has 9 heteroatoms. The lowest BCUT2D eigenvalue weighted by Crippen LogP contribution is -2.21. The average Bonchev–Trinajstić information content (AvgIpc) is 2.89. The van der Waals surface area contributed by atoms with Crippen LogP contribution in [-0.2, 0) is 9.47 Å². The Balaban J connectivity index is 2.33. The number of carbonyl (C=O) groups excluding carboxylic acids is 3. The first kappa shape index (κ1) is 22.7. The third kappa shape index (κ3) is 6.20. The fourth-order valence-electron chi connectivity index (χ4n) is 2.41. The van der Waals surface area contributed by atoms with Crippen molar-refractivity contribution in [2.75, 3.05) is 10.6 Å². The number of amides is 2. The summed E-state index contributed by atoms with van der Waals surface area (Å²) in [5.74, 6) is -1.19. The lowest BCUT2D eigenvalue weighted by Gasteiger charge is -2.11. The number of hydrogen-bond donors (Lipinski definition) is 2. The smallest absolute Gasteiger partial charge is 0.348 e. The molecule has 7 nitrogen and oxygen atoms in total. The lowest BCUT2D eigenvalue weighted by molar-refractivity contribution is 0.0378. The molecule has 0 saturated heterocycles. The van der Waals surface area contributed by atoms with E-state index in [0.717, 1.165) is 11.3 Å². The molecule has 0 aliphatic carbocycles. The summed E-state index contributed by atoms with van der Waals surface area (Å²) in [7, 11) is 0. The van der Waals surface area contributed by atoms with Crippen LogP contribution >= 0.6 is 22.9 Å². The van der Waals surface area contributed by atoms with Gasteiger partial charge in [0.1, 0.15) is 9.88 Å². The number of thiophene rings is 1. The SMILES string of the molecule is Cc1c(C(=O)OC(C)C)sc(NC(=O)Nc2cccc(Cl)c2)c1C(=O)OC(C)C. The lowest BCUT2D eigenvalue weighted by atomic mass is 10.1. The van der Waals surface area contributed by atoms with Gasteiger partial charge in [0.05, 0.1) is 17.8 Å². The van der Waals surface area contributed by atoms with Gasteiger partial charge in [-0.15, -0.1) is 11.3 Å². The Morgan fingerprint density at radius 3 is 2.21 bits per heavy atom. The minimum atomic E-state index is -0.629. The molecule has 2 N–H and O–H groups in total. The first-order chi connectivity index (χ1) is 13.6. The minimum absolute atomic E-state index is 0.126. The van der Waals surface area contributed by atoms with Crippen LogP contribution in [0, 0.1) is 6.92 Å². The number of ether oxygens (including phenoxy) is 2. The highest BCUT2D eigenvalue weighted by Gasteiger charge is 2.28. The van der Waals surface area contributed by atoms with Gasteiger partial charge in [0, 0.05) is 10.7 Å². The van der Waals surface area contributed by atoms with Crippen LogP contribution in [-0.4, -0.2) is 30.2 Å². The Bertz CT molecular complexity index is 924. The minimum Gasteiger partial charge on any atom is -0.459 e. The van der Waals surface area contributed by atoms with Crippen molar-refractivity contribution in [3.63, 3.8) is 0 Å². The maximum Gasteiger partial charge on any atom is 0.348 e. The van der Waals surface area contributed by atoms with E-state index >= 15 is 0 Å². The predicted molar refractivity (Wildman–Crippen MR) is 114 cm³/mol. The summed E-state index contributed by atoms with van der Waals surface area (Å²) in [5.41, 5.74) is 0.999. The van der Waals surface area contributed by atoms with Crippen LogP contribution in [0.5, 0.6) is 0 Å². The van der Waals surface area contributed by atoms with Crippen molar-refractivity contribution in [1.82, 2.24) is 0 Å². The molecule has 0 fully saturated rings. The highest BCUT2D eigenvalue weighted by molar-refractivity contribution is 7.18. The van der Waals surface area contributed by atoms with Crippen LogP contribution in [0.15, 0.2) is 24.3 Å². The van der Waals surface area contributed by atoms with Gasteiger partial charge in [-0.1, -0.05) is 17.7 Å².